The number of hydrogen-bond donors (Lipinski definition) is 2. The Morgan fingerprint density at radius 1 is 1.24 bits per heavy atom. The van der Waals surface area contributed by atoms with Gasteiger partial charge in [0, 0.05) is 18.7 Å². The molecule has 1 heterocycles. The van der Waals surface area contributed by atoms with Crippen LogP contribution >= 0.6 is 11.8 Å². The monoisotopic (exact) mass is 306 g/mol. The molecule has 21 heavy (non-hydrogen) atoms. The molecular formula is C17H26N2OS. The Balaban J connectivity index is 1.71. The molecular weight excluding hydrogens is 280 g/mol. The normalized spacial score (nSPS) is 13.8. The van der Waals surface area contributed by atoms with Crippen molar-refractivity contribution < 1.29 is 4.79 Å². The summed E-state index contributed by atoms with van der Waals surface area (Å²) in [7, 11) is 0. The third-order valence-corrected chi connectivity index (χ3v) is 4.61. The van der Waals surface area contributed by atoms with Crippen molar-refractivity contribution in [3.8, 4) is 0 Å². The maximum atomic E-state index is 12.1. The summed E-state index contributed by atoms with van der Waals surface area (Å²) in [4.78, 5) is 12.1. The van der Waals surface area contributed by atoms with Gasteiger partial charge in [-0.05, 0) is 61.1 Å². The number of benzene rings is 1. The molecule has 0 saturated heterocycles. The Morgan fingerprint density at radius 3 is 2.95 bits per heavy atom. The SMILES string of the molecule is CSCCCCCCNC(=O)c1ccc2c(c1)CNCC2. The zero-order chi connectivity index (χ0) is 14.9. The molecule has 0 aromatic heterocycles. The number of rotatable bonds is 8. The molecule has 3 nitrogen and oxygen atoms in total. The Hall–Kier alpha value is -1.00. The summed E-state index contributed by atoms with van der Waals surface area (Å²) in [6.07, 6.45) is 8.04. The predicted molar refractivity (Wildman–Crippen MR) is 91.0 cm³/mol. The molecule has 0 bridgehead atoms. The lowest BCUT2D eigenvalue weighted by Crippen LogP contribution is -2.27. The van der Waals surface area contributed by atoms with Crippen molar-refractivity contribution in [2.45, 2.75) is 38.6 Å². The van der Waals surface area contributed by atoms with E-state index in [0.29, 0.717) is 0 Å². The molecule has 2 N–H and O–H groups in total. The molecule has 1 aromatic rings. The number of nitrogens with one attached hydrogen (secondary N) is 2. The highest BCUT2D eigenvalue weighted by Crippen LogP contribution is 2.15. The molecule has 4 heteroatoms. The quantitative estimate of drug-likeness (QED) is 0.726. The number of unbranched alkanes of at least 4 members (excludes halogenated alkanes) is 3. The highest BCUT2D eigenvalue weighted by Gasteiger charge is 2.12. The second-order valence-electron chi connectivity index (χ2n) is 5.57. The van der Waals surface area contributed by atoms with Crippen LogP contribution in [-0.4, -0.2) is 31.0 Å². The van der Waals surface area contributed by atoms with E-state index in [9.17, 15) is 4.79 Å². The molecule has 1 aromatic carbocycles. The van der Waals surface area contributed by atoms with Gasteiger partial charge in [0.05, 0.1) is 0 Å². The van der Waals surface area contributed by atoms with Crippen molar-refractivity contribution in [3.63, 3.8) is 0 Å². The fourth-order valence-corrected chi connectivity index (χ4v) is 3.14. The minimum atomic E-state index is 0.0625. The van der Waals surface area contributed by atoms with Crippen LogP contribution in [0.3, 0.4) is 0 Å². The first-order valence-electron chi connectivity index (χ1n) is 7.91. The van der Waals surface area contributed by atoms with Gasteiger partial charge in [-0.25, -0.2) is 0 Å². The van der Waals surface area contributed by atoms with E-state index in [0.717, 1.165) is 38.0 Å². The summed E-state index contributed by atoms with van der Waals surface area (Å²) in [5.74, 6) is 1.31. The van der Waals surface area contributed by atoms with Crippen molar-refractivity contribution in [2.75, 3.05) is 25.1 Å². The largest absolute Gasteiger partial charge is 0.352 e. The van der Waals surface area contributed by atoms with Gasteiger partial charge in [-0.2, -0.15) is 11.8 Å². The molecule has 1 aliphatic rings. The summed E-state index contributed by atoms with van der Waals surface area (Å²) < 4.78 is 0. The molecule has 0 aliphatic carbocycles. The van der Waals surface area contributed by atoms with E-state index < -0.39 is 0 Å². The van der Waals surface area contributed by atoms with Gasteiger partial charge in [-0.15, -0.1) is 0 Å². The Bertz CT molecular complexity index is 462. The molecule has 0 unspecified atom stereocenters. The summed E-state index contributed by atoms with van der Waals surface area (Å²) in [6.45, 7) is 2.70. The van der Waals surface area contributed by atoms with Crippen LogP contribution in [0.5, 0.6) is 0 Å². The van der Waals surface area contributed by atoms with Crippen LogP contribution in [0.1, 0.15) is 47.2 Å². The average molecular weight is 306 g/mol. The first kappa shape index (κ1) is 16.4. The van der Waals surface area contributed by atoms with Crippen LogP contribution < -0.4 is 10.6 Å². The molecule has 0 atom stereocenters. The lowest BCUT2D eigenvalue weighted by molar-refractivity contribution is 0.0953. The minimum Gasteiger partial charge on any atom is -0.352 e. The van der Waals surface area contributed by atoms with Crippen molar-refractivity contribution in [1.29, 1.82) is 0 Å². The lowest BCUT2D eigenvalue weighted by atomic mass is 9.98. The predicted octanol–water partition coefficient (Wildman–Crippen LogP) is 2.99. The number of carbonyl (C=O) groups excluding carboxylic acids is 1. The van der Waals surface area contributed by atoms with Gasteiger partial charge < -0.3 is 10.6 Å². The summed E-state index contributed by atoms with van der Waals surface area (Å²) in [5, 5.41) is 6.38. The highest BCUT2D eigenvalue weighted by atomic mass is 32.2. The van der Waals surface area contributed by atoms with E-state index in [1.165, 1.54) is 36.1 Å². The van der Waals surface area contributed by atoms with E-state index in [2.05, 4.69) is 23.0 Å². The zero-order valence-electron chi connectivity index (χ0n) is 12.9. The van der Waals surface area contributed by atoms with E-state index in [-0.39, 0.29) is 5.91 Å². The standard InChI is InChI=1S/C17H26N2OS/c1-21-11-5-3-2-4-9-19-17(20)15-7-6-14-8-10-18-13-16(14)12-15/h6-7,12,18H,2-5,8-11,13H2,1H3,(H,19,20). The summed E-state index contributed by atoms with van der Waals surface area (Å²) in [5.41, 5.74) is 3.44. The number of thioether (sulfide) groups is 1. The third-order valence-electron chi connectivity index (χ3n) is 3.92. The highest BCUT2D eigenvalue weighted by molar-refractivity contribution is 7.98. The Kier molecular flexibility index (Phi) is 7.10. The molecule has 0 spiro atoms. The van der Waals surface area contributed by atoms with Crippen molar-refractivity contribution in [3.05, 3.63) is 34.9 Å². The smallest absolute Gasteiger partial charge is 0.251 e. The second-order valence-corrected chi connectivity index (χ2v) is 6.56. The zero-order valence-corrected chi connectivity index (χ0v) is 13.7. The molecule has 0 radical (unpaired) electrons. The molecule has 0 fully saturated rings. The molecule has 1 aliphatic heterocycles. The van der Waals surface area contributed by atoms with Crippen LogP contribution in [0.15, 0.2) is 18.2 Å². The molecule has 116 valence electrons. The van der Waals surface area contributed by atoms with Crippen LogP contribution in [0.2, 0.25) is 0 Å². The van der Waals surface area contributed by atoms with Gasteiger partial charge in [-0.3, -0.25) is 4.79 Å². The number of fused-ring (bicyclic) bond motifs is 1. The van der Waals surface area contributed by atoms with Crippen LogP contribution in [0.25, 0.3) is 0 Å². The Labute approximate surface area is 132 Å². The number of carbonyl (C=O) groups is 1. The van der Waals surface area contributed by atoms with Crippen molar-refractivity contribution in [2.24, 2.45) is 0 Å². The molecule has 1 amide bonds. The van der Waals surface area contributed by atoms with Crippen molar-refractivity contribution in [1.82, 2.24) is 10.6 Å². The van der Waals surface area contributed by atoms with E-state index in [4.69, 9.17) is 0 Å². The molecule has 0 saturated carbocycles. The van der Waals surface area contributed by atoms with E-state index >= 15 is 0 Å². The maximum absolute atomic E-state index is 12.1. The average Bonchev–Trinajstić information content (AvgIpc) is 2.53. The molecule has 2 rings (SSSR count). The topological polar surface area (TPSA) is 41.1 Å². The Morgan fingerprint density at radius 2 is 2.10 bits per heavy atom. The summed E-state index contributed by atoms with van der Waals surface area (Å²) >= 11 is 1.90. The van der Waals surface area contributed by atoms with Gasteiger partial charge in [0.1, 0.15) is 0 Å². The number of amides is 1. The first-order chi connectivity index (χ1) is 10.3. The minimum absolute atomic E-state index is 0.0625. The van der Waals surface area contributed by atoms with Gasteiger partial charge in [0.2, 0.25) is 0 Å². The first-order valence-corrected chi connectivity index (χ1v) is 9.30. The van der Waals surface area contributed by atoms with Crippen LogP contribution in [0, 0.1) is 0 Å². The van der Waals surface area contributed by atoms with E-state index in [1.54, 1.807) is 0 Å². The van der Waals surface area contributed by atoms with Crippen LogP contribution in [0.4, 0.5) is 0 Å². The fraction of sp³-hybridized carbons (Fsp3) is 0.588. The lowest BCUT2D eigenvalue weighted by Gasteiger charge is -2.17. The van der Waals surface area contributed by atoms with Gasteiger partial charge in [-0.1, -0.05) is 18.9 Å². The third kappa shape index (κ3) is 5.36. The fourth-order valence-electron chi connectivity index (χ4n) is 2.65. The second kappa shape index (κ2) is 9.11. The van der Waals surface area contributed by atoms with Gasteiger partial charge >= 0.3 is 0 Å². The van der Waals surface area contributed by atoms with Gasteiger partial charge in [0.15, 0.2) is 0 Å². The van der Waals surface area contributed by atoms with Crippen LogP contribution in [-0.2, 0) is 13.0 Å². The van der Waals surface area contributed by atoms with Gasteiger partial charge in [0.25, 0.3) is 5.91 Å². The van der Waals surface area contributed by atoms with E-state index in [1.807, 2.05) is 23.9 Å². The summed E-state index contributed by atoms with van der Waals surface area (Å²) in [6, 6.07) is 6.10. The van der Waals surface area contributed by atoms with Crippen molar-refractivity contribution >= 4 is 17.7 Å². The maximum Gasteiger partial charge on any atom is 0.251 e. The number of hydrogen-bond acceptors (Lipinski definition) is 3.